The van der Waals surface area contributed by atoms with Crippen molar-refractivity contribution in [3.8, 4) is 12.3 Å². The van der Waals surface area contributed by atoms with Crippen LogP contribution in [0.15, 0.2) is 12.7 Å². The molecule has 4 atom stereocenters. The predicted octanol–water partition coefficient (Wildman–Crippen LogP) is -1.98. The third-order valence-electron chi connectivity index (χ3n) is 3.53. The smallest absolute Gasteiger partial charge is 0.199 e. The van der Waals surface area contributed by atoms with Crippen LogP contribution in [-0.2, 0) is 4.74 Å². The van der Waals surface area contributed by atoms with Gasteiger partial charge in [0.15, 0.2) is 23.3 Å². The molecular weight excluding hydrogens is 278 g/mol. The van der Waals surface area contributed by atoms with E-state index in [0.717, 1.165) is 0 Å². The van der Waals surface area contributed by atoms with E-state index in [-0.39, 0.29) is 5.82 Å². The number of aliphatic hydroxyl groups excluding tert-OH is 2. The first-order chi connectivity index (χ1) is 10.0. The van der Waals surface area contributed by atoms with Gasteiger partial charge in [-0.1, -0.05) is 5.92 Å². The summed E-state index contributed by atoms with van der Waals surface area (Å²) in [5, 5.41) is 29.7. The van der Waals surface area contributed by atoms with Gasteiger partial charge in [0, 0.05) is 0 Å². The Balaban J connectivity index is 2.14. The van der Waals surface area contributed by atoms with Crippen LogP contribution in [0.25, 0.3) is 11.2 Å². The number of anilines is 1. The summed E-state index contributed by atoms with van der Waals surface area (Å²) in [6.45, 7) is -0.495. The van der Waals surface area contributed by atoms with E-state index in [9.17, 15) is 15.3 Å². The fourth-order valence-corrected chi connectivity index (χ4v) is 2.39. The standard InChI is InChI=1S/C12H13N5O4/c1-2-12(20)8(19)6(3-18)21-11(12)17-5-16-7-9(13)14-4-15-10(7)17/h1,4-6,8,11,18-20H,3H2,(H2,13,14,15)/t6-,8-,11-,12+/m1/s1. The minimum absolute atomic E-state index is 0.167. The number of terminal acetylenes is 1. The Morgan fingerprint density at radius 1 is 1.48 bits per heavy atom. The number of nitrogen functional groups attached to an aromatic ring is 1. The maximum absolute atomic E-state index is 10.5. The second-order valence-electron chi connectivity index (χ2n) is 4.71. The lowest BCUT2D eigenvalue weighted by atomic mass is 9.95. The van der Waals surface area contributed by atoms with Crippen molar-refractivity contribution in [2.75, 3.05) is 12.3 Å². The molecule has 0 aliphatic carbocycles. The van der Waals surface area contributed by atoms with Gasteiger partial charge in [0.25, 0.3) is 0 Å². The summed E-state index contributed by atoms with van der Waals surface area (Å²) in [6, 6.07) is 0. The zero-order chi connectivity index (χ0) is 15.2. The van der Waals surface area contributed by atoms with Gasteiger partial charge in [0.1, 0.15) is 24.1 Å². The van der Waals surface area contributed by atoms with Gasteiger partial charge >= 0.3 is 0 Å². The molecule has 3 heterocycles. The highest BCUT2D eigenvalue weighted by Gasteiger charge is 2.55. The number of ether oxygens (including phenoxy) is 1. The largest absolute Gasteiger partial charge is 0.394 e. The Kier molecular flexibility index (Phi) is 3.03. The molecule has 9 nitrogen and oxygen atoms in total. The number of hydrogen-bond acceptors (Lipinski definition) is 8. The van der Waals surface area contributed by atoms with Crippen molar-refractivity contribution in [1.82, 2.24) is 19.5 Å². The zero-order valence-electron chi connectivity index (χ0n) is 10.8. The lowest BCUT2D eigenvalue weighted by Crippen LogP contribution is -2.45. The second kappa shape index (κ2) is 4.64. The zero-order valence-corrected chi connectivity index (χ0v) is 10.8. The fourth-order valence-electron chi connectivity index (χ4n) is 2.39. The molecule has 2 aromatic rings. The molecular formula is C12H13N5O4. The van der Waals surface area contributed by atoms with E-state index in [1.807, 2.05) is 0 Å². The molecule has 0 spiro atoms. The number of aliphatic hydroxyl groups is 3. The minimum atomic E-state index is -2.03. The summed E-state index contributed by atoms with van der Waals surface area (Å²) in [6.07, 6.45) is 4.27. The minimum Gasteiger partial charge on any atom is -0.394 e. The highest BCUT2D eigenvalue weighted by Crippen LogP contribution is 2.39. The van der Waals surface area contributed by atoms with E-state index in [2.05, 4.69) is 20.9 Å². The molecule has 2 aromatic heterocycles. The third kappa shape index (κ3) is 1.78. The number of nitrogens with zero attached hydrogens (tertiary/aromatic N) is 4. The van der Waals surface area contributed by atoms with Crippen LogP contribution >= 0.6 is 0 Å². The SMILES string of the molecule is C#C[C@]1(O)[C@H](O)[C@@H](CO)O[C@H]1n1cnc2c(N)ncnc21. The van der Waals surface area contributed by atoms with Crippen molar-refractivity contribution < 1.29 is 20.1 Å². The molecule has 5 N–H and O–H groups in total. The van der Waals surface area contributed by atoms with Crippen LogP contribution in [0.1, 0.15) is 6.23 Å². The average Bonchev–Trinajstić information content (AvgIpc) is 3.01. The molecule has 110 valence electrons. The van der Waals surface area contributed by atoms with Gasteiger partial charge in [0.2, 0.25) is 0 Å². The van der Waals surface area contributed by atoms with Crippen LogP contribution in [0, 0.1) is 12.3 Å². The second-order valence-corrected chi connectivity index (χ2v) is 4.71. The lowest BCUT2D eigenvalue weighted by molar-refractivity contribution is -0.0721. The van der Waals surface area contributed by atoms with E-state index in [1.54, 1.807) is 0 Å². The van der Waals surface area contributed by atoms with Crippen molar-refractivity contribution in [3.05, 3.63) is 12.7 Å². The van der Waals surface area contributed by atoms with E-state index >= 15 is 0 Å². The molecule has 1 saturated heterocycles. The predicted molar refractivity (Wildman–Crippen MR) is 70.5 cm³/mol. The molecule has 21 heavy (non-hydrogen) atoms. The van der Waals surface area contributed by atoms with Crippen LogP contribution in [0.3, 0.4) is 0 Å². The van der Waals surface area contributed by atoms with Crippen molar-refractivity contribution in [2.45, 2.75) is 24.0 Å². The number of rotatable bonds is 2. The van der Waals surface area contributed by atoms with E-state index in [4.69, 9.17) is 16.9 Å². The average molecular weight is 291 g/mol. The van der Waals surface area contributed by atoms with Crippen molar-refractivity contribution in [2.24, 2.45) is 0 Å². The molecule has 3 rings (SSSR count). The first-order valence-corrected chi connectivity index (χ1v) is 6.10. The molecule has 0 radical (unpaired) electrons. The summed E-state index contributed by atoms with van der Waals surface area (Å²) in [7, 11) is 0. The van der Waals surface area contributed by atoms with Gasteiger partial charge in [-0.15, -0.1) is 6.42 Å². The first-order valence-electron chi connectivity index (χ1n) is 6.10. The van der Waals surface area contributed by atoms with Crippen LogP contribution in [0.5, 0.6) is 0 Å². The first kappa shape index (κ1) is 13.7. The molecule has 9 heteroatoms. The van der Waals surface area contributed by atoms with E-state index < -0.39 is 30.6 Å². The molecule has 0 saturated carbocycles. The molecule has 1 aliphatic rings. The van der Waals surface area contributed by atoms with Gasteiger partial charge in [-0.05, 0) is 0 Å². The quantitative estimate of drug-likeness (QED) is 0.467. The van der Waals surface area contributed by atoms with Gasteiger partial charge < -0.3 is 25.8 Å². The van der Waals surface area contributed by atoms with E-state index in [0.29, 0.717) is 11.2 Å². The molecule has 1 fully saturated rings. The Morgan fingerprint density at radius 3 is 2.90 bits per heavy atom. The fraction of sp³-hybridized carbons (Fsp3) is 0.417. The van der Waals surface area contributed by atoms with Gasteiger partial charge in [-0.2, -0.15) is 0 Å². The third-order valence-corrected chi connectivity index (χ3v) is 3.53. The maximum atomic E-state index is 10.5. The van der Waals surface area contributed by atoms with E-state index in [1.165, 1.54) is 17.2 Å². The van der Waals surface area contributed by atoms with Crippen molar-refractivity contribution in [1.29, 1.82) is 0 Å². The normalized spacial score (nSPS) is 32.4. The molecule has 0 amide bonds. The van der Waals surface area contributed by atoms with Gasteiger partial charge in [0.05, 0.1) is 12.9 Å². The molecule has 0 bridgehead atoms. The number of fused-ring (bicyclic) bond motifs is 1. The number of imidazole rings is 1. The molecule has 0 aromatic carbocycles. The molecule has 1 aliphatic heterocycles. The Morgan fingerprint density at radius 2 is 2.24 bits per heavy atom. The Bertz CT molecular complexity index is 726. The van der Waals surface area contributed by atoms with Crippen molar-refractivity contribution >= 4 is 17.0 Å². The number of aromatic nitrogens is 4. The van der Waals surface area contributed by atoms with Crippen LogP contribution in [0.2, 0.25) is 0 Å². The van der Waals surface area contributed by atoms with Crippen LogP contribution in [-0.4, -0.2) is 59.3 Å². The topological polar surface area (TPSA) is 140 Å². The van der Waals surface area contributed by atoms with Crippen LogP contribution < -0.4 is 5.73 Å². The molecule has 0 unspecified atom stereocenters. The van der Waals surface area contributed by atoms with Crippen LogP contribution in [0.4, 0.5) is 5.82 Å². The highest BCUT2D eigenvalue weighted by atomic mass is 16.6. The lowest BCUT2D eigenvalue weighted by Gasteiger charge is -2.26. The summed E-state index contributed by atoms with van der Waals surface area (Å²) in [4.78, 5) is 11.9. The summed E-state index contributed by atoms with van der Waals surface area (Å²) in [5.74, 6) is 2.29. The number of hydrogen-bond donors (Lipinski definition) is 4. The Hall–Kier alpha value is -2.25. The van der Waals surface area contributed by atoms with Gasteiger partial charge in [-0.3, -0.25) is 4.57 Å². The van der Waals surface area contributed by atoms with Crippen molar-refractivity contribution in [3.63, 3.8) is 0 Å². The monoisotopic (exact) mass is 291 g/mol. The maximum Gasteiger partial charge on any atom is 0.199 e. The highest BCUT2D eigenvalue weighted by molar-refractivity contribution is 5.81. The Labute approximate surface area is 119 Å². The number of nitrogens with two attached hydrogens (primary N) is 1. The summed E-state index contributed by atoms with van der Waals surface area (Å²) >= 11 is 0. The summed E-state index contributed by atoms with van der Waals surface area (Å²) < 4.78 is 6.80. The summed E-state index contributed by atoms with van der Waals surface area (Å²) in [5.41, 5.74) is 4.28. The van der Waals surface area contributed by atoms with Gasteiger partial charge in [-0.25, -0.2) is 15.0 Å².